The van der Waals surface area contributed by atoms with Crippen molar-refractivity contribution >= 4 is 17.6 Å². The van der Waals surface area contributed by atoms with Crippen molar-refractivity contribution in [2.24, 2.45) is 11.3 Å². The maximum Gasteiger partial charge on any atom is 0.341 e. The van der Waals surface area contributed by atoms with Crippen LogP contribution in [0, 0.1) is 11.3 Å². The molecule has 1 aliphatic carbocycles. The fourth-order valence-corrected chi connectivity index (χ4v) is 8.02. The van der Waals surface area contributed by atoms with Gasteiger partial charge in [-0.25, -0.2) is 4.79 Å². The predicted molar refractivity (Wildman–Crippen MR) is 182 cm³/mol. The highest BCUT2D eigenvalue weighted by Crippen LogP contribution is 2.45. The molecule has 9 heteroatoms. The summed E-state index contributed by atoms with van der Waals surface area (Å²) in [6.45, 7) is 14.4. The molecule has 3 saturated heterocycles. The average Bonchev–Trinajstić information content (AvgIpc) is 3.61. The van der Waals surface area contributed by atoms with Gasteiger partial charge in [-0.3, -0.25) is 4.79 Å². The standard InChI is InChI=1S/C38H54N4O5/c1-38(2,3)28-8-5-26(6-9-28)33-23-27(7-12-34(33)47-31-13-16-40-25-31)36(43)42-19-14-30(15-20-42)46-35-24-29(41-21-17-39-18-22-41)10-11-32(35)37(44)45-4/h7,10-12,23-24,26,28,30-31,39-40H,5-6,8-9,13-22,25H2,1-4H3/p+2/t26?,28?,31-/m0/s1. The van der Waals surface area contributed by atoms with Crippen molar-refractivity contribution in [1.82, 2.24) is 4.90 Å². The lowest BCUT2D eigenvalue weighted by Gasteiger charge is -2.37. The van der Waals surface area contributed by atoms with Gasteiger partial charge in [0.15, 0.2) is 6.10 Å². The molecule has 3 aliphatic heterocycles. The summed E-state index contributed by atoms with van der Waals surface area (Å²) in [7, 11) is 1.40. The Morgan fingerprint density at radius 2 is 1.49 bits per heavy atom. The number of nitrogens with two attached hydrogens (primary N) is 2. The van der Waals surface area contributed by atoms with E-state index in [0.717, 1.165) is 81.4 Å². The highest BCUT2D eigenvalue weighted by molar-refractivity contribution is 5.95. The predicted octanol–water partition coefficient (Wildman–Crippen LogP) is 3.57. The second kappa shape index (κ2) is 14.9. The van der Waals surface area contributed by atoms with Crippen LogP contribution in [0.25, 0.3) is 0 Å². The van der Waals surface area contributed by atoms with Crippen molar-refractivity contribution in [2.75, 3.05) is 64.4 Å². The molecule has 6 rings (SSSR count). The number of piperidine rings is 1. The fraction of sp³-hybridized carbons (Fsp3) is 0.632. The van der Waals surface area contributed by atoms with Crippen LogP contribution in [0.4, 0.5) is 5.69 Å². The van der Waals surface area contributed by atoms with Crippen LogP contribution >= 0.6 is 0 Å². The first-order valence-electron chi connectivity index (χ1n) is 18.1. The van der Waals surface area contributed by atoms with Gasteiger partial charge in [0.2, 0.25) is 0 Å². The summed E-state index contributed by atoms with van der Waals surface area (Å²) in [5, 5.41) is 4.65. The first-order valence-corrected chi connectivity index (χ1v) is 18.1. The number of quaternary nitrogens is 2. The second-order valence-electron chi connectivity index (χ2n) is 15.1. The zero-order valence-corrected chi connectivity index (χ0v) is 29.0. The number of carbonyl (C=O) groups is 2. The lowest BCUT2D eigenvalue weighted by molar-refractivity contribution is -0.655. The minimum atomic E-state index is -0.396. The number of rotatable bonds is 8. The molecule has 0 spiro atoms. The van der Waals surface area contributed by atoms with Crippen LogP contribution in [0.5, 0.6) is 11.5 Å². The highest BCUT2D eigenvalue weighted by Gasteiger charge is 2.33. The maximum atomic E-state index is 13.9. The zero-order valence-electron chi connectivity index (χ0n) is 29.0. The fourth-order valence-electron chi connectivity index (χ4n) is 8.02. The Balaban J connectivity index is 1.13. The van der Waals surface area contributed by atoms with Gasteiger partial charge < -0.3 is 34.6 Å². The lowest BCUT2D eigenvalue weighted by Crippen LogP contribution is -2.89. The van der Waals surface area contributed by atoms with E-state index < -0.39 is 5.97 Å². The van der Waals surface area contributed by atoms with Gasteiger partial charge >= 0.3 is 5.97 Å². The van der Waals surface area contributed by atoms with Crippen molar-refractivity contribution in [1.29, 1.82) is 0 Å². The Labute approximate surface area is 280 Å². The van der Waals surface area contributed by atoms with Gasteiger partial charge in [-0.15, -0.1) is 0 Å². The summed E-state index contributed by atoms with van der Waals surface area (Å²) in [4.78, 5) is 30.8. The van der Waals surface area contributed by atoms with E-state index in [9.17, 15) is 9.59 Å². The van der Waals surface area contributed by atoms with Crippen molar-refractivity contribution < 1.29 is 34.4 Å². The number of hydrogen-bond acceptors (Lipinski definition) is 6. The first-order chi connectivity index (χ1) is 22.7. The number of methoxy groups -OCH3 is 1. The SMILES string of the molecule is COC(=O)c1ccc(N2CC[NH2+]CC2)cc1OC1CCN(C(=O)c2ccc(O[C@H]3CC[NH2+]C3)c(C3CCC(C(C)(C)C)CC3)c2)CC1. The molecule has 4 aliphatic rings. The molecule has 3 heterocycles. The summed E-state index contributed by atoms with van der Waals surface area (Å²) in [5.41, 5.74) is 3.81. The molecule has 47 heavy (non-hydrogen) atoms. The molecule has 2 aromatic carbocycles. The number of piperazine rings is 1. The Morgan fingerprint density at radius 3 is 2.15 bits per heavy atom. The van der Waals surface area contributed by atoms with Crippen LogP contribution in [0.1, 0.15) is 97.9 Å². The molecule has 2 aromatic rings. The van der Waals surface area contributed by atoms with E-state index in [1.807, 2.05) is 29.2 Å². The molecule has 0 bridgehead atoms. The normalized spacial score (nSPS) is 24.2. The minimum Gasteiger partial charge on any atom is -0.489 e. The molecule has 1 atom stereocenters. The summed E-state index contributed by atoms with van der Waals surface area (Å²) in [5.74, 6) is 2.37. The van der Waals surface area contributed by atoms with E-state index in [1.165, 1.54) is 25.5 Å². The minimum absolute atomic E-state index is 0.0768. The number of likely N-dealkylation sites (tertiary alicyclic amines) is 1. The van der Waals surface area contributed by atoms with Gasteiger partial charge in [0.05, 0.1) is 39.8 Å². The highest BCUT2D eigenvalue weighted by atomic mass is 16.5. The Kier molecular flexibility index (Phi) is 10.6. The Bertz CT molecular complexity index is 1380. The Morgan fingerprint density at radius 1 is 0.766 bits per heavy atom. The smallest absolute Gasteiger partial charge is 0.341 e. The van der Waals surface area contributed by atoms with E-state index in [1.54, 1.807) is 0 Å². The van der Waals surface area contributed by atoms with Gasteiger partial charge in [0.25, 0.3) is 5.91 Å². The van der Waals surface area contributed by atoms with Gasteiger partial charge in [0, 0.05) is 49.7 Å². The van der Waals surface area contributed by atoms with Gasteiger partial charge in [0.1, 0.15) is 29.7 Å². The summed E-state index contributed by atoms with van der Waals surface area (Å²) < 4.78 is 18.1. The number of anilines is 1. The molecule has 256 valence electrons. The maximum absolute atomic E-state index is 13.9. The van der Waals surface area contributed by atoms with Crippen LogP contribution in [-0.2, 0) is 4.74 Å². The molecule has 0 aromatic heterocycles. The van der Waals surface area contributed by atoms with Gasteiger partial charge in [-0.1, -0.05) is 20.8 Å². The lowest BCUT2D eigenvalue weighted by atomic mass is 9.68. The summed E-state index contributed by atoms with van der Waals surface area (Å²) in [6, 6.07) is 12.0. The molecular weight excluding hydrogens is 592 g/mol. The third-order valence-corrected chi connectivity index (χ3v) is 11.0. The number of carbonyl (C=O) groups excluding carboxylic acids is 2. The van der Waals surface area contributed by atoms with Crippen molar-refractivity contribution in [3.8, 4) is 11.5 Å². The van der Waals surface area contributed by atoms with Crippen LogP contribution in [0.3, 0.4) is 0 Å². The van der Waals surface area contributed by atoms with Crippen molar-refractivity contribution in [2.45, 2.75) is 83.8 Å². The Hall–Kier alpha value is -3.30. The summed E-state index contributed by atoms with van der Waals surface area (Å²) in [6.07, 6.45) is 7.34. The van der Waals surface area contributed by atoms with Crippen LogP contribution in [-0.4, -0.2) is 88.5 Å². The molecule has 1 saturated carbocycles. The van der Waals surface area contributed by atoms with Crippen LogP contribution in [0.2, 0.25) is 0 Å². The molecule has 4 fully saturated rings. The number of esters is 1. The average molecular weight is 649 g/mol. The quantitative estimate of drug-likeness (QED) is 0.425. The van der Waals surface area contributed by atoms with E-state index in [2.05, 4.69) is 48.4 Å². The number of nitrogens with zero attached hydrogens (tertiary/aromatic N) is 2. The van der Waals surface area contributed by atoms with Crippen molar-refractivity contribution in [3.05, 3.63) is 53.1 Å². The molecule has 9 nitrogen and oxygen atoms in total. The monoisotopic (exact) mass is 648 g/mol. The van der Waals surface area contributed by atoms with Gasteiger partial charge in [-0.2, -0.15) is 0 Å². The second-order valence-corrected chi connectivity index (χ2v) is 15.1. The molecule has 1 amide bonds. The van der Waals surface area contributed by atoms with Crippen molar-refractivity contribution in [3.63, 3.8) is 0 Å². The van der Waals surface area contributed by atoms with E-state index in [0.29, 0.717) is 48.6 Å². The molecular formula is C38H56N4O5+2. The van der Waals surface area contributed by atoms with E-state index in [-0.39, 0.29) is 18.1 Å². The van der Waals surface area contributed by atoms with E-state index in [4.69, 9.17) is 14.2 Å². The topological polar surface area (TPSA) is 102 Å². The summed E-state index contributed by atoms with van der Waals surface area (Å²) >= 11 is 0. The number of benzene rings is 2. The number of hydrogen-bond donors (Lipinski definition) is 2. The third kappa shape index (κ3) is 8.06. The van der Waals surface area contributed by atoms with Crippen LogP contribution in [0.15, 0.2) is 36.4 Å². The van der Waals surface area contributed by atoms with Crippen LogP contribution < -0.4 is 25.0 Å². The molecule has 4 N–H and O–H groups in total. The largest absolute Gasteiger partial charge is 0.489 e. The first kappa shape index (κ1) is 33.6. The van der Waals surface area contributed by atoms with E-state index >= 15 is 0 Å². The third-order valence-electron chi connectivity index (χ3n) is 11.0. The van der Waals surface area contributed by atoms with Gasteiger partial charge in [-0.05, 0) is 78.8 Å². The zero-order chi connectivity index (χ0) is 33.0. The number of amides is 1. The molecule has 0 radical (unpaired) electrons. The molecule has 0 unspecified atom stereocenters. The number of ether oxygens (including phenoxy) is 3.